The van der Waals surface area contributed by atoms with Crippen LogP contribution in [0.4, 0.5) is 0 Å². The molecule has 3 rings (SSSR count). The van der Waals surface area contributed by atoms with Gasteiger partial charge in [0.25, 0.3) is 0 Å². The highest BCUT2D eigenvalue weighted by Crippen LogP contribution is 2.15. The van der Waals surface area contributed by atoms with Gasteiger partial charge in [-0.15, -0.1) is 0 Å². The van der Waals surface area contributed by atoms with Crippen molar-refractivity contribution in [1.29, 1.82) is 0 Å². The van der Waals surface area contributed by atoms with E-state index in [1.54, 1.807) is 10.9 Å². The molecule has 2 N–H and O–H groups in total. The second kappa shape index (κ2) is 10.8. The maximum absolute atomic E-state index is 4.72. The molecule has 28 heavy (non-hydrogen) atoms. The maximum atomic E-state index is 4.72. The van der Waals surface area contributed by atoms with Gasteiger partial charge in [-0.3, -0.25) is 0 Å². The highest BCUT2D eigenvalue weighted by Gasteiger charge is 2.14. The van der Waals surface area contributed by atoms with Crippen molar-refractivity contribution in [2.75, 3.05) is 32.7 Å². The second-order valence-corrected chi connectivity index (χ2v) is 7.47. The van der Waals surface area contributed by atoms with E-state index in [4.69, 9.17) is 4.99 Å². The Kier molecular flexibility index (Phi) is 7.84. The summed E-state index contributed by atoms with van der Waals surface area (Å²) in [6, 6.07) is 5.92. The molecule has 0 atom stereocenters. The quantitative estimate of drug-likeness (QED) is 0.416. The van der Waals surface area contributed by atoms with Crippen molar-refractivity contribution < 1.29 is 0 Å². The molecular weight excluding hydrogens is 350 g/mol. The van der Waals surface area contributed by atoms with E-state index < -0.39 is 0 Å². The van der Waals surface area contributed by atoms with Gasteiger partial charge < -0.3 is 15.5 Å². The van der Waals surface area contributed by atoms with Gasteiger partial charge in [0.1, 0.15) is 0 Å². The number of likely N-dealkylation sites (tertiary alicyclic amines) is 1. The minimum absolute atomic E-state index is 0.607. The number of nitrogens with zero attached hydrogens (tertiary/aromatic N) is 5. The van der Waals surface area contributed by atoms with Crippen LogP contribution in [0.2, 0.25) is 0 Å². The Balaban J connectivity index is 1.46. The first kappa shape index (κ1) is 20.3. The van der Waals surface area contributed by atoms with Gasteiger partial charge in [-0.05, 0) is 75.5 Å². The number of guanidine groups is 1. The van der Waals surface area contributed by atoms with Crippen molar-refractivity contribution >= 4 is 5.96 Å². The Morgan fingerprint density at radius 1 is 1.25 bits per heavy atom. The lowest BCUT2D eigenvalue weighted by Gasteiger charge is -2.30. The lowest BCUT2D eigenvalue weighted by Crippen LogP contribution is -2.39. The molecule has 152 valence electrons. The Morgan fingerprint density at radius 3 is 2.86 bits per heavy atom. The van der Waals surface area contributed by atoms with Crippen molar-refractivity contribution in [2.24, 2.45) is 10.9 Å². The normalized spacial score (nSPS) is 16.3. The van der Waals surface area contributed by atoms with Crippen LogP contribution >= 0.6 is 0 Å². The molecule has 0 spiro atoms. The number of pyridine rings is 1. The lowest BCUT2D eigenvalue weighted by molar-refractivity contribution is 0.191. The predicted octanol–water partition coefficient (Wildman–Crippen LogP) is 2.44. The molecule has 0 unspecified atom stereocenters. The van der Waals surface area contributed by atoms with Gasteiger partial charge in [0.2, 0.25) is 0 Å². The van der Waals surface area contributed by atoms with Gasteiger partial charge in [0.15, 0.2) is 11.8 Å². The van der Waals surface area contributed by atoms with E-state index in [0.717, 1.165) is 49.3 Å². The number of hydrogen-bond acceptors (Lipinski definition) is 4. The number of aliphatic imine (C=N–C) groups is 1. The fourth-order valence-corrected chi connectivity index (χ4v) is 3.40. The van der Waals surface area contributed by atoms with Crippen LogP contribution in [0.15, 0.2) is 41.8 Å². The predicted molar refractivity (Wildman–Crippen MR) is 114 cm³/mol. The highest BCUT2D eigenvalue weighted by molar-refractivity contribution is 5.79. The third-order valence-corrected chi connectivity index (χ3v) is 5.13. The zero-order valence-electron chi connectivity index (χ0n) is 17.1. The first-order valence-electron chi connectivity index (χ1n) is 10.4. The molecule has 0 aliphatic carbocycles. The zero-order valence-corrected chi connectivity index (χ0v) is 17.1. The number of hydrogen-bond donors (Lipinski definition) is 2. The molecule has 1 aliphatic rings. The van der Waals surface area contributed by atoms with Crippen LogP contribution in [-0.2, 0) is 6.54 Å². The first-order chi connectivity index (χ1) is 13.7. The van der Waals surface area contributed by atoms with Crippen LogP contribution in [0.5, 0.6) is 0 Å². The summed E-state index contributed by atoms with van der Waals surface area (Å²) in [7, 11) is 0. The monoisotopic (exact) mass is 383 g/mol. The molecule has 0 saturated carbocycles. The summed E-state index contributed by atoms with van der Waals surface area (Å²) in [6.45, 7) is 10.5. The number of rotatable bonds is 8. The van der Waals surface area contributed by atoms with Gasteiger partial charge >= 0.3 is 0 Å². The standard InChI is InChI=1S/C21H33N7/c1-3-22-21(24-9-4-12-27-14-7-18(2)8-15-27)25-17-19-6-11-23-20(16-19)28-13-5-10-26-28/h5-6,10-11,13,16,18H,3-4,7-9,12,14-15,17H2,1-2H3,(H2,22,24,25). The fourth-order valence-electron chi connectivity index (χ4n) is 3.40. The first-order valence-corrected chi connectivity index (χ1v) is 10.4. The van der Waals surface area contributed by atoms with Crippen molar-refractivity contribution in [3.05, 3.63) is 42.4 Å². The van der Waals surface area contributed by atoms with Crippen molar-refractivity contribution in [3.63, 3.8) is 0 Å². The summed E-state index contributed by atoms with van der Waals surface area (Å²) < 4.78 is 1.76. The summed E-state index contributed by atoms with van der Waals surface area (Å²) in [4.78, 5) is 11.7. The minimum atomic E-state index is 0.607. The van der Waals surface area contributed by atoms with E-state index in [9.17, 15) is 0 Å². The Bertz CT molecular complexity index is 718. The largest absolute Gasteiger partial charge is 0.357 e. The van der Waals surface area contributed by atoms with E-state index in [-0.39, 0.29) is 0 Å². The van der Waals surface area contributed by atoms with Gasteiger partial charge in [0, 0.05) is 31.7 Å². The topological polar surface area (TPSA) is 70.4 Å². The van der Waals surface area contributed by atoms with Crippen LogP contribution in [0.3, 0.4) is 0 Å². The summed E-state index contributed by atoms with van der Waals surface area (Å²) in [5.41, 5.74) is 1.11. The van der Waals surface area contributed by atoms with Crippen molar-refractivity contribution in [3.8, 4) is 5.82 Å². The summed E-state index contributed by atoms with van der Waals surface area (Å²) in [5, 5.41) is 11.0. The Labute approximate surface area is 168 Å². The molecular formula is C21H33N7. The van der Waals surface area contributed by atoms with E-state index >= 15 is 0 Å². The van der Waals surface area contributed by atoms with Crippen molar-refractivity contribution in [2.45, 2.75) is 39.7 Å². The average molecular weight is 384 g/mol. The van der Waals surface area contributed by atoms with E-state index in [1.807, 2.05) is 30.6 Å². The maximum Gasteiger partial charge on any atom is 0.191 e. The SMILES string of the molecule is CCNC(=NCc1ccnc(-n2cccn2)c1)NCCCN1CCC(C)CC1. The van der Waals surface area contributed by atoms with Crippen LogP contribution in [0.25, 0.3) is 5.82 Å². The smallest absolute Gasteiger partial charge is 0.191 e. The number of nitrogens with one attached hydrogen (secondary N) is 2. The third-order valence-electron chi connectivity index (χ3n) is 5.13. The molecule has 0 amide bonds. The molecule has 1 aliphatic heterocycles. The van der Waals surface area contributed by atoms with E-state index in [1.165, 1.54) is 25.9 Å². The third kappa shape index (κ3) is 6.34. The van der Waals surface area contributed by atoms with Gasteiger partial charge in [0.05, 0.1) is 6.54 Å². The van der Waals surface area contributed by atoms with Crippen LogP contribution in [-0.4, -0.2) is 58.3 Å². The molecule has 2 aromatic heterocycles. The highest BCUT2D eigenvalue weighted by atomic mass is 15.3. The molecule has 0 aromatic carbocycles. The van der Waals surface area contributed by atoms with E-state index in [2.05, 4.69) is 39.5 Å². The molecule has 7 heteroatoms. The average Bonchev–Trinajstić information content (AvgIpc) is 3.26. The molecule has 2 aromatic rings. The van der Waals surface area contributed by atoms with Gasteiger partial charge in [-0.2, -0.15) is 5.10 Å². The Hall–Kier alpha value is -2.41. The van der Waals surface area contributed by atoms with Gasteiger partial charge in [-0.1, -0.05) is 6.92 Å². The summed E-state index contributed by atoms with van der Waals surface area (Å²) in [5.74, 6) is 2.57. The molecule has 7 nitrogen and oxygen atoms in total. The van der Waals surface area contributed by atoms with Crippen LogP contribution < -0.4 is 10.6 Å². The van der Waals surface area contributed by atoms with E-state index in [0.29, 0.717) is 6.54 Å². The molecule has 3 heterocycles. The zero-order chi connectivity index (χ0) is 19.6. The van der Waals surface area contributed by atoms with Crippen molar-refractivity contribution in [1.82, 2.24) is 30.3 Å². The molecule has 1 fully saturated rings. The second-order valence-electron chi connectivity index (χ2n) is 7.47. The molecule has 0 bridgehead atoms. The number of piperidine rings is 1. The summed E-state index contributed by atoms with van der Waals surface area (Å²) >= 11 is 0. The van der Waals surface area contributed by atoms with Crippen LogP contribution in [0.1, 0.15) is 38.7 Å². The lowest BCUT2D eigenvalue weighted by atomic mass is 9.99. The minimum Gasteiger partial charge on any atom is -0.357 e. The Morgan fingerprint density at radius 2 is 2.11 bits per heavy atom. The molecule has 0 radical (unpaired) electrons. The number of aromatic nitrogens is 3. The molecule has 1 saturated heterocycles. The van der Waals surface area contributed by atoms with Gasteiger partial charge in [-0.25, -0.2) is 14.7 Å². The van der Waals surface area contributed by atoms with Crippen LogP contribution in [0, 0.1) is 5.92 Å². The summed E-state index contributed by atoms with van der Waals surface area (Å²) in [6.07, 6.45) is 9.27. The fraction of sp³-hybridized carbons (Fsp3) is 0.571.